The highest BCUT2D eigenvalue weighted by Crippen LogP contribution is 2.19. The van der Waals surface area contributed by atoms with Crippen LogP contribution in [-0.2, 0) is 11.2 Å². The summed E-state index contributed by atoms with van der Waals surface area (Å²) >= 11 is 0. The predicted octanol–water partition coefficient (Wildman–Crippen LogP) is 2.95. The van der Waals surface area contributed by atoms with Gasteiger partial charge in [-0.15, -0.1) is 0 Å². The van der Waals surface area contributed by atoms with Crippen LogP contribution in [0.3, 0.4) is 0 Å². The zero-order valence-corrected chi connectivity index (χ0v) is 11.2. The van der Waals surface area contributed by atoms with E-state index >= 15 is 0 Å². The smallest absolute Gasteiger partial charge is 0.331 e. The molecule has 1 aromatic heterocycles. The van der Waals surface area contributed by atoms with Crippen molar-refractivity contribution in [3.05, 3.63) is 29.8 Å². The Balaban J connectivity index is 2.63. The summed E-state index contributed by atoms with van der Waals surface area (Å²) in [5.41, 5.74) is 0.481. The molecular weight excluding hydrogens is 276 g/mol. The summed E-state index contributed by atoms with van der Waals surface area (Å²) in [6.07, 6.45) is -1.97. The van der Waals surface area contributed by atoms with Gasteiger partial charge in [-0.3, -0.25) is 9.78 Å². The molecule has 1 heterocycles. The Bertz CT molecular complexity index is 460. The molecule has 0 aliphatic carbocycles. The van der Waals surface area contributed by atoms with Crippen LogP contribution in [0.5, 0.6) is 0 Å². The fourth-order valence-corrected chi connectivity index (χ4v) is 1.74. The zero-order chi connectivity index (χ0) is 15.3. The quantitative estimate of drug-likeness (QED) is 0.782. The number of amides is 1. The van der Waals surface area contributed by atoms with Gasteiger partial charge in [-0.2, -0.15) is 13.2 Å². The molecule has 0 saturated heterocycles. The molecule has 1 amide bonds. The highest BCUT2D eigenvalue weighted by atomic mass is 19.4. The number of alkyl halides is 3. The lowest BCUT2D eigenvalue weighted by molar-refractivity contribution is -0.164. The molecule has 0 aromatic carbocycles. The first-order valence-corrected chi connectivity index (χ1v) is 6.14. The molecule has 0 aliphatic heterocycles. The number of hydrogen-bond acceptors (Lipinski definition) is 2. The van der Waals surface area contributed by atoms with Crippen molar-refractivity contribution in [1.82, 2.24) is 9.88 Å². The largest absolute Gasteiger partial charge is 0.406 e. The van der Waals surface area contributed by atoms with E-state index < -0.39 is 30.5 Å². The Labute approximate surface area is 114 Å². The zero-order valence-electron chi connectivity index (χ0n) is 11.2. The SMILES string of the molecule is CC(C)N(CC(F)(F)F)C(=O)CCc1cncc(F)c1. The minimum atomic E-state index is -4.43. The first kappa shape index (κ1) is 16.4. The van der Waals surface area contributed by atoms with Crippen LogP contribution >= 0.6 is 0 Å². The summed E-state index contributed by atoms with van der Waals surface area (Å²) in [6.45, 7) is 1.77. The maximum Gasteiger partial charge on any atom is 0.406 e. The van der Waals surface area contributed by atoms with Gasteiger partial charge >= 0.3 is 6.18 Å². The summed E-state index contributed by atoms with van der Waals surface area (Å²) in [4.78, 5) is 16.2. The van der Waals surface area contributed by atoms with Crippen LogP contribution in [0.15, 0.2) is 18.5 Å². The number of hydrogen-bond donors (Lipinski definition) is 0. The van der Waals surface area contributed by atoms with Crippen molar-refractivity contribution in [2.45, 2.75) is 38.9 Å². The highest BCUT2D eigenvalue weighted by Gasteiger charge is 2.33. The molecule has 1 aromatic rings. The second-order valence-corrected chi connectivity index (χ2v) is 4.74. The molecule has 7 heteroatoms. The van der Waals surface area contributed by atoms with Crippen molar-refractivity contribution < 1.29 is 22.4 Å². The Hall–Kier alpha value is -1.66. The van der Waals surface area contributed by atoms with Gasteiger partial charge < -0.3 is 4.90 Å². The lowest BCUT2D eigenvalue weighted by Crippen LogP contribution is -2.43. The third-order valence-corrected chi connectivity index (χ3v) is 2.68. The third-order valence-electron chi connectivity index (χ3n) is 2.68. The minimum absolute atomic E-state index is 0.112. The average molecular weight is 292 g/mol. The van der Waals surface area contributed by atoms with Crippen molar-refractivity contribution in [2.75, 3.05) is 6.54 Å². The molecule has 0 fully saturated rings. The van der Waals surface area contributed by atoms with Gasteiger partial charge in [0.05, 0.1) is 6.20 Å². The summed E-state index contributed by atoms with van der Waals surface area (Å²) in [5, 5.41) is 0. The Morgan fingerprint density at radius 1 is 1.35 bits per heavy atom. The van der Waals surface area contributed by atoms with Gasteiger partial charge in [-0.1, -0.05) is 0 Å². The van der Waals surface area contributed by atoms with Crippen LogP contribution in [0.4, 0.5) is 17.6 Å². The molecule has 0 spiro atoms. The molecule has 1 rings (SSSR count). The predicted molar refractivity (Wildman–Crippen MR) is 65.4 cm³/mol. The Kier molecular flexibility index (Phi) is 5.47. The number of pyridine rings is 1. The number of carbonyl (C=O) groups is 1. The third kappa shape index (κ3) is 5.54. The second kappa shape index (κ2) is 6.67. The average Bonchev–Trinajstić information content (AvgIpc) is 2.32. The van der Waals surface area contributed by atoms with Crippen LogP contribution in [0.2, 0.25) is 0 Å². The van der Waals surface area contributed by atoms with E-state index in [2.05, 4.69) is 4.98 Å². The molecule has 0 unspecified atom stereocenters. The molecule has 3 nitrogen and oxygen atoms in total. The van der Waals surface area contributed by atoms with Crippen LogP contribution in [0, 0.1) is 5.82 Å². The number of halogens is 4. The van der Waals surface area contributed by atoms with Gasteiger partial charge in [0, 0.05) is 18.7 Å². The Morgan fingerprint density at radius 3 is 2.50 bits per heavy atom. The van der Waals surface area contributed by atoms with Crippen molar-refractivity contribution in [3.8, 4) is 0 Å². The molecule has 0 saturated carbocycles. The molecular formula is C13H16F4N2O. The number of aryl methyl sites for hydroxylation is 1. The topological polar surface area (TPSA) is 33.2 Å². The van der Waals surface area contributed by atoms with Crippen LogP contribution in [-0.4, -0.2) is 34.6 Å². The van der Waals surface area contributed by atoms with Gasteiger partial charge in [0.1, 0.15) is 12.4 Å². The van der Waals surface area contributed by atoms with Crippen molar-refractivity contribution >= 4 is 5.91 Å². The maximum atomic E-state index is 12.9. The van der Waals surface area contributed by atoms with Crippen molar-refractivity contribution in [3.63, 3.8) is 0 Å². The van der Waals surface area contributed by atoms with Crippen molar-refractivity contribution in [1.29, 1.82) is 0 Å². The van der Waals surface area contributed by atoms with E-state index in [0.717, 1.165) is 11.1 Å². The number of nitrogens with zero attached hydrogens (tertiary/aromatic N) is 2. The van der Waals surface area contributed by atoms with Crippen LogP contribution in [0.25, 0.3) is 0 Å². The normalized spacial score (nSPS) is 11.8. The molecule has 0 atom stereocenters. The molecule has 0 radical (unpaired) electrons. The van der Waals surface area contributed by atoms with Gasteiger partial charge in [0.2, 0.25) is 5.91 Å². The first-order valence-electron chi connectivity index (χ1n) is 6.14. The fourth-order valence-electron chi connectivity index (χ4n) is 1.74. The van der Waals surface area contributed by atoms with E-state index in [4.69, 9.17) is 0 Å². The van der Waals surface area contributed by atoms with E-state index in [1.54, 1.807) is 0 Å². The second-order valence-electron chi connectivity index (χ2n) is 4.74. The highest BCUT2D eigenvalue weighted by molar-refractivity contribution is 5.76. The maximum absolute atomic E-state index is 12.9. The van der Waals surface area contributed by atoms with Gasteiger partial charge in [-0.05, 0) is 31.9 Å². The van der Waals surface area contributed by atoms with Crippen LogP contribution in [0.1, 0.15) is 25.8 Å². The fraction of sp³-hybridized carbons (Fsp3) is 0.538. The van der Waals surface area contributed by atoms with Gasteiger partial charge in [-0.25, -0.2) is 4.39 Å². The standard InChI is InChI=1S/C13H16F4N2O/c1-9(2)19(8-13(15,16)17)12(20)4-3-10-5-11(14)7-18-6-10/h5-7,9H,3-4,8H2,1-2H3. The van der Waals surface area contributed by atoms with E-state index in [1.165, 1.54) is 26.1 Å². The van der Waals surface area contributed by atoms with E-state index in [1.807, 2.05) is 0 Å². The lowest BCUT2D eigenvalue weighted by Gasteiger charge is -2.27. The number of aromatic nitrogens is 1. The summed E-state index contributed by atoms with van der Waals surface area (Å²) < 4.78 is 50.1. The molecule has 0 N–H and O–H groups in total. The van der Waals surface area contributed by atoms with E-state index in [0.29, 0.717) is 5.56 Å². The van der Waals surface area contributed by atoms with E-state index in [-0.39, 0.29) is 12.8 Å². The van der Waals surface area contributed by atoms with E-state index in [9.17, 15) is 22.4 Å². The molecule has 0 bridgehead atoms. The summed E-state index contributed by atoms with van der Waals surface area (Å²) in [5.74, 6) is -1.15. The monoisotopic (exact) mass is 292 g/mol. The van der Waals surface area contributed by atoms with Crippen molar-refractivity contribution in [2.24, 2.45) is 0 Å². The first-order chi connectivity index (χ1) is 9.19. The van der Waals surface area contributed by atoms with Gasteiger partial charge in [0.15, 0.2) is 0 Å². The number of carbonyl (C=O) groups excluding carboxylic acids is 1. The van der Waals surface area contributed by atoms with Crippen LogP contribution < -0.4 is 0 Å². The van der Waals surface area contributed by atoms with Gasteiger partial charge in [0.25, 0.3) is 0 Å². The molecule has 20 heavy (non-hydrogen) atoms. The Morgan fingerprint density at radius 2 is 2.00 bits per heavy atom. The lowest BCUT2D eigenvalue weighted by atomic mass is 10.1. The summed E-state index contributed by atoms with van der Waals surface area (Å²) in [7, 11) is 0. The minimum Gasteiger partial charge on any atom is -0.331 e. The molecule has 112 valence electrons. The number of rotatable bonds is 5. The summed E-state index contributed by atoms with van der Waals surface area (Å²) in [6, 6.07) is 0.666. The molecule has 0 aliphatic rings.